The van der Waals surface area contributed by atoms with Gasteiger partial charge in [0.15, 0.2) is 5.82 Å². The molecule has 2 N–H and O–H groups in total. The molecule has 0 radical (unpaired) electrons. The third-order valence-corrected chi connectivity index (χ3v) is 6.05. The van der Waals surface area contributed by atoms with Gasteiger partial charge in [-0.15, -0.1) is 5.10 Å². The summed E-state index contributed by atoms with van der Waals surface area (Å²) in [6.07, 6.45) is 4.34. The molecule has 1 aliphatic rings. The fraction of sp³-hybridized carbons (Fsp3) is 0.217. The largest absolute Gasteiger partial charge is 0.383 e. The lowest BCUT2D eigenvalue weighted by atomic mass is 10.0. The highest BCUT2D eigenvalue weighted by molar-refractivity contribution is 6.34. The maximum Gasteiger partial charge on any atom is 0.190 e. The van der Waals surface area contributed by atoms with Crippen molar-refractivity contribution in [1.82, 2.24) is 30.1 Å². The minimum atomic E-state index is 0.337. The zero-order valence-electron chi connectivity index (χ0n) is 17.2. The number of halogens is 2. The molecular weight excluding hydrogens is 445 g/mol. The number of pyridine rings is 1. The highest BCUT2D eigenvalue weighted by Crippen LogP contribution is 2.31. The molecule has 7 nitrogen and oxygen atoms in total. The van der Waals surface area contributed by atoms with Crippen molar-refractivity contribution in [2.24, 2.45) is 0 Å². The minimum Gasteiger partial charge on any atom is -0.383 e. The summed E-state index contributed by atoms with van der Waals surface area (Å²) in [4.78, 5) is 6.88. The molecule has 162 valence electrons. The van der Waals surface area contributed by atoms with Gasteiger partial charge >= 0.3 is 0 Å². The molecule has 5 rings (SSSR count). The molecule has 3 heterocycles. The van der Waals surface area contributed by atoms with E-state index in [1.54, 1.807) is 29.1 Å². The number of hydrogen-bond acceptors (Lipinski definition) is 6. The van der Waals surface area contributed by atoms with Crippen LogP contribution in [0.3, 0.4) is 0 Å². The van der Waals surface area contributed by atoms with E-state index in [-0.39, 0.29) is 0 Å². The van der Waals surface area contributed by atoms with Crippen molar-refractivity contribution in [1.29, 1.82) is 0 Å². The van der Waals surface area contributed by atoms with E-state index in [0.717, 1.165) is 17.7 Å². The average molecular weight is 466 g/mol. The Hall–Kier alpha value is -3.00. The molecule has 32 heavy (non-hydrogen) atoms. The Labute approximate surface area is 195 Å². The molecule has 9 heteroatoms. The van der Waals surface area contributed by atoms with Crippen LogP contribution in [0.4, 0.5) is 5.82 Å². The Balaban J connectivity index is 1.47. The first kappa shape index (κ1) is 20.9. The molecule has 0 unspecified atom stereocenters. The van der Waals surface area contributed by atoms with Crippen LogP contribution in [0.1, 0.15) is 18.4 Å². The van der Waals surface area contributed by atoms with Gasteiger partial charge < -0.3 is 5.73 Å². The van der Waals surface area contributed by atoms with Crippen molar-refractivity contribution in [3.63, 3.8) is 0 Å². The first-order valence-electron chi connectivity index (χ1n) is 10.4. The molecule has 1 aliphatic heterocycles. The number of aromatic nitrogens is 5. The Kier molecular flexibility index (Phi) is 5.78. The lowest BCUT2D eigenvalue weighted by Crippen LogP contribution is -2.18. The zero-order valence-corrected chi connectivity index (χ0v) is 18.8. The van der Waals surface area contributed by atoms with Crippen molar-refractivity contribution in [3.05, 3.63) is 70.3 Å². The highest BCUT2D eigenvalue weighted by Gasteiger charge is 2.17. The molecule has 0 aliphatic carbocycles. The fourth-order valence-corrected chi connectivity index (χ4v) is 4.52. The van der Waals surface area contributed by atoms with Gasteiger partial charge in [-0.25, -0.2) is 4.98 Å². The summed E-state index contributed by atoms with van der Waals surface area (Å²) in [6.45, 7) is 3.35. The van der Waals surface area contributed by atoms with Crippen LogP contribution in [-0.2, 0) is 6.54 Å². The maximum absolute atomic E-state index is 6.20. The number of benzene rings is 2. The van der Waals surface area contributed by atoms with E-state index >= 15 is 0 Å². The van der Waals surface area contributed by atoms with Crippen LogP contribution >= 0.6 is 23.2 Å². The van der Waals surface area contributed by atoms with Gasteiger partial charge in [-0.05, 0) is 71.8 Å². The molecule has 2 aromatic heterocycles. The van der Waals surface area contributed by atoms with Gasteiger partial charge in [0.2, 0.25) is 0 Å². The van der Waals surface area contributed by atoms with E-state index in [2.05, 4.69) is 49.7 Å². The topological polar surface area (TPSA) is 85.8 Å². The van der Waals surface area contributed by atoms with E-state index in [4.69, 9.17) is 28.9 Å². The predicted molar refractivity (Wildman–Crippen MR) is 127 cm³/mol. The third-order valence-electron chi connectivity index (χ3n) is 5.61. The van der Waals surface area contributed by atoms with Crippen LogP contribution < -0.4 is 5.73 Å². The fourth-order valence-electron chi connectivity index (χ4n) is 4.00. The third kappa shape index (κ3) is 4.32. The Morgan fingerprint density at radius 2 is 1.62 bits per heavy atom. The van der Waals surface area contributed by atoms with Crippen molar-refractivity contribution < 1.29 is 0 Å². The van der Waals surface area contributed by atoms with Crippen molar-refractivity contribution in [2.45, 2.75) is 19.4 Å². The lowest BCUT2D eigenvalue weighted by molar-refractivity contribution is 0.331. The maximum atomic E-state index is 6.20. The van der Waals surface area contributed by atoms with Gasteiger partial charge in [0.25, 0.3) is 0 Å². The first-order chi connectivity index (χ1) is 15.6. The monoisotopic (exact) mass is 465 g/mol. The van der Waals surface area contributed by atoms with Gasteiger partial charge in [-0.3, -0.25) is 4.90 Å². The normalized spacial score (nSPS) is 14.2. The van der Waals surface area contributed by atoms with Gasteiger partial charge in [0.1, 0.15) is 5.82 Å². The van der Waals surface area contributed by atoms with Crippen LogP contribution in [0.5, 0.6) is 0 Å². The second-order valence-electron chi connectivity index (χ2n) is 7.88. The van der Waals surface area contributed by atoms with Gasteiger partial charge in [-0.2, -0.15) is 4.68 Å². The van der Waals surface area contributed by atoms with E-state index in [9.17, 15) is 0 Å². The summed E-state index contributed by atoms with van der Waals surface area (Å²) in [5.74, 6) is 0.796. The zero-order chi connectivity index (χ0) is 22.1. The number of likely N-dealkylation sites (tertiary alicyclic amines) is 1. The Bertz CT molecular complexity index is 1230. The summed E-state index contributed by atoms with van der Waals surface area (Å²) < 4.78 is 1.55. The number of nitrogen functional groups attached to an aromatic ring is 1. The number of rotatable bonds is 5. The molecule has 0 atom stereocenters. The van der Waals surface area contributed by atoms with Crippen LogP contribution in [0, 0.1) is 0 Å². The predicted octanol–water partition coefficient (Wildman–Crippen LogP) is 4.88. The van der Waals surface area contributed by atoms with Crippen LogP contribution in [0.25, 0.3) is 28.2 Å². The standard InChI is InChI=1S/C23H21Cl2N7/c24-18-10-19(25)12-20(11-18)32-23(28-29-30-32)21-9-17(13-27-22(21)26)16-5-3-15(4-6-16)14-31-7-1-2-8-31/h3-6,9-13H,1-2,7-8,14H2,(H2,26,27). The minimum absolute atomic E-state index is 0.337. The Morgan fingerprint density at radius 3 is 2.34 bits per heavy atom. The number of hydrogen-bond donors (Lipinski definition) is 1. The number of anilines is 1. The summed E-state index contributed by atoms with van der Waals surface area (Å²) in [5.41, 5.74) is 10.8. The molecule has 1 saturated heterocycles. The van der Waals surface area contributed by atoms with Crippen LogP contribution in [-0.4, -0.2) is 43.2 Å². The van der Waals surface area contributed by atoms with Gasteiger partial charge in [0, 0.05) is 28.4 Å². The molecule has 0 bridgehead atoms. The second kappa shape index (κ2) is 8.86. The van der Waals surface area contributed by atoms with Crippen molar-refractivity contribution in [3.8, 4) is 28.2 Å². The van der Waals surface area contributed by atoms with Crippen molar-refractivity contribution >= 4 is 29.0 Å². The van der Waals surface area contributed by atoms with E-state index < -0.39 is 0 Å². The van der Waals surface area contributed by atoms with Gasteiger partial charge in [0.05, 0.1) is 11.3 Å². The number of nitrogens with two attached hydrogens (primary N) is 1. The average Bonchev–Trinajstić information content (AvgIpc) is 3.46. The molecule has 4 aromatic rings. The molecular formula is C23H21Cl2N7. The summed E-state index contributed by atoms with van der Waals surface area (Å²) in [5, 5.41) is 13.1. The summed E-state index contributed by atoms with van der Waals surface area (Å²) >= 11 is 12.3. The second-order valence-corrected chi connectivity index (χ2v) is 8.75. The summed E-state index contributed by atoms with van der Waals surface area (Å²) in [6, 6.07) is 15.6. The van der Waals surface area contributed by atoms with E-state index in [1.165, 1.54) is 31.5 Å². The molecule has 0 saturated carbocycles. The van der Waals surface area contributed by atoms with Crippen LogP contribution in [0.2, 0.25) is 10.0 Å². The SMILES string of the molecule is Nc1ncc(-c2ccc(CN3CCCC3)cc2)cc1-c1nnnn1-c1cc(Cl)cc(Cl)c1. The molecule has 0 spiro atoms. The number of tetrazole rings is 1. The van der Waals surface area contributed by atoms with Crippen LogP contribution in [0.15, 0.2) is 54.7 Å². The molecule has 1 fully saturated rings. The van der Waals surface area contributed by atoms with Crippen molar-refractivity contribution in [2.75, 3.05) is 18.8 Å². The van der Waals surface area contributed by atoms with E-state index in [1.807, 2.05) is 6.07 Å². The first-order valence-corrected chi connectivity index (χ1v) is 11.1. The molecule has 0 amide bonds. The van der Waals surface area contributed by atoms with E-state index in [0.29, 0.717) is 32.9 Å². The van der Waals surface area contributed by atoms with Gasteiger partial charge in [-0.1, -0.05) is 47.5 Å². The highest BCUT2D eigenvalue weighted by atomic mass is 35.5. The Morgan fingerprint density at radius 1 is 0.906 bits per heavy atom. The lowest BCUT2D eigenvalue weighted by Gasteiger charge is -2.15. The summed E-state index contributed by atoms with van der Waals surface area (Å²) in [7, 11) is 0. The quantitative estimate of drug-likeness (QED) is 0.452. The molecule has 2 aromatic carbocycles. The number of nitrogens with zero attached hydrogens (tertiary/aromatic N) is 6. The smallest absolute Gasteiger partial charge is 0.190 e.